The molecule has 0 radical (unpaired) electrons. The molecule has 10 heavy (non-hydrogen) atoms. The largest absolute Gasteiger partial charge is 0.178 e. The van der Waals surface area contributed by atoms with Crippen LogP contribution in [0, 0.1) is 16.7 Å². The molecule has 2 rings (SSSR count). The van der Waals surface area contributed by atoms with Crippen LogP contribution in [0.5, 0.6) is 0 Å². The van der Waals surface area contributed by atoms with Crippen LogP contribution in [0.25, 0.3) is 0 Å². The maximum atomic E-state index is 10.3. The quantitative estimate of drug-likeness (QED) is 0.328. The van der Waals surface area contributed by atoms with E-state index in [4.69, 9.17) is 11.6 Å². The van der Waals surface area contributed by atoms with Crippen molar-refractivity contribution in [2.24, 2.45) is 17.0 Å². The summed E-state index contributed by atoms with van der Waals surface area (Å²) in [7, 11) is 0. The SMILES string of the molecule is O=NC1(Cl)CC2CCC1C2. The van der Waals surface area contributed by atoms with Gasteiger partial charge in [0, 0.05) is 5.92 Å². The van der Waals surface area contributed by atoms with Gasteiger partial charge in [0.25, 0.3) is 0 Å². The molecule has 0 saturated heterocycles. The lowest BCUT2D eigenvalue weighted by Gasteiger charge is -2.22. The summed E-state index contributed by atoms with van der Waals surface area (Å²) >= 11 is 5.97. The van der Waals surface area contributed by atoms with Crippen LogP contribution in [-0.4, -0.2) is 5.00 Å². The van der Waals surface area contributed by atoms with Crippen molar-refractivity contribution in [1.82, 2.24) is 0 Å². The summed E-state index contributed by atoms with van der Waals surface area (Å²) in [6, 6.07) is 0. The number of fused-ring (bicyclic) bond motifs is 2. The molecule has 0 heterocycles. The summed E-state index contributed by atoms with van der Waals surface area (Å²) in [5.74, 6) is 1.08. The monoisotopic (exact) mass is 159 g/mol. The molecule has 0 N–H and O–H groups in total. The van der Waals surface area contributed by atoms with Crippen molar-refractivity contribution in [2.75, 3.05) is 0 Å². The van der Waals surface area contributed by atoms with Gasteiger partial charge in [-0.2, -0.15) is 0 Å². The van der Waals surface area contributed by atoms with Crippen LogP contribution >= 0.6 is 11.6 Å². The molecule has 0 aliphatic heterocycles. The molecule has 3 heteroatoms. The Morgan fingerprint density at radius 2 is 2.30 bits per heavy atom. The smallest absolute Gasteiger partial charge is 0.149 e. The van der Waals surface area contributed by atoms with E-state index in [1.807, 2.05) is 0 Å². The molecule has 0 spiro atoms. The first-order chi connectivity index (χ1) is 4.74. The first-order valence-corrected chi connectivity index (χ1v) is 4.16. The lowest BCUT2D eigenvalue weighted by Crippen LogP contribution is -2.25. The van der Waals surface area contributed by atoms with Gasteiger partial charge in [0.1, 0.15) is 0 Å². The number of nitrogens with zero attached hydrogens (tertiary/aromatic N) is 1. The zero-order chi connectivity index (χ0) is 7.19. The van der Waals surface area contributed by atoms with Crippen LogP contribution in [0.4, 0.5) is 0 Å². The molecule has 2 aliphatic rings. The minimum absolute atomic E-state index is 0.386. The molecule has 2 bridgehead atoms. The van der Waals surface area contributed by atoms with Crippen molar-refractivity contribution >= 4 is 11.6 Å². The Kier molecular flexibility index (Phi) is 1.28. The average molecular weight is 160 g/mol. The fourth-order valence-electron chi connectivity index (χ4n) is 2.35. The molecule has 2 fully saturated rings. The Bertz CT molecular complexity index is 173. The highest BCUT2D eigenvalue weighted by molar-refractivity contribution is 6.24. The second-order valence-electron chi connectivity index (χ2n) is 3.49. The maximum absolute atomic E-state index is 10.3. The summed E-state index contributed by atoms with van der Waals surface area (Å²) in [5.41, 5.74) is 0. The normalized spacial score (nSPS) is 51.7. The zero-order valence-corrected chi connectivity index (χ0v) is 6.47. The highest BCUT2D eigenvalue weighted by atomic mass is 35.5. The first-order valence-electron chi connectivity index (χ1n) is 3.78. The molecule has 0 aromatic carbocycles. The van der Waals surface area contributed by atoms with E-state index < -0.39 is 5.00 Å². The van der Waals surface area contributed by atoms with E-state index in [1.54, 1.807) is 0 Å². The molecule has 0 amide bonds. The van der Waals surface area contributed by atoms with Crippen LogP contribution in [0.3, 0.4) is 0 Å². The molecular formula is C7H10ClNO. The minimum atomic E-state index is -0.705. The molecule has 3 unspecified atom stereocenters. The van der Waals surface area contributed by atoms with Crippen molar-refractivity contribution in [3.05, 3.63) is 4.91 Å². The minimum Gasteiger partial charge on any atom is -0.149 e. The van der Waals surface area contributed by atoms with Crippen LogP contribution in [0.1, 0.15) is 25.7 Å². The second kappa shape index (κ2) is 1.94. The molecular weight excluding hydrogens is 150 g/mol. The predicted octanol–water partition coefficient (Wildman–Crippen LogP) is 2.51. The summed E-state index contributed by atoms with van der Waals surface area (Å²) in [6.07, 6.45) is 4.33. The number of nitroso groups, excluding NO2 is 1. The van der Waals surface area contributed by atoms with E-state index in [9.17, 15) is 4.91 Å². The molecule has 0 aromatic rings. The van der Waals surface area contributed by atoms with Gasteiger partial charge < -0.3 is 0 Å². The molecule has 2 saturated carbocycles. The first kappa shape index (κ1) is 6.59. The topological polar surface area (TPSA) is 29.4 Å². The van der Waals surface area contributed by atoms with Crippen molar-refractivity contribution in [3.63, 3.8) is 0 Å². The Morgan fingerprint density at radius 1 is 1.50 bits per heavy atom. The standard InChI is InChI=1S/C7H10ClNO/c8-7(9-10)4-5-1-2-6(7)3-5/h5-6H,1-4H2. The third-order valence-corrected chi connectivity index (χ3v) is 3.43. The second-order valence-corrected chi connectivity index (χ2v) is 4.14. The number of rotatable bonds is 1. The van der Waals surface area contributed by atoms with Gasteiger partial charge in [0.2, 0.25) is 0 Å². The molecule has 56 valence electrons. The lowest BCUT2D eigenvalue weighted by molar-refractivity contribution is 0.375. The van der Waals surface area contributed by atoms with Gasteiger partial charge in [-0.1, -0.05) is 11.6 Å². The van der Waals surface area contributed by atoms with Crippen LogP contribution < -0.4 is 0 Å². The highest BCUT2D eigenvalue weighted by Crippen LogP contribution is 2.54. The van der Waals surface area contributed by atoms with E-state index in [1.165, 1.54) is 6.42 Å². The molecule has 0 aromatic heterocycles. The van der Waals surface area contributed by atoms with Crippen molar-refractivity contribution < 1.29 is 0 Å². The van der Waals surface area contributed by atoms with Gasteiger partial charge in [-0.3, -0.25) is 0 Å². The van der Waals surface area contributed by atoms with Crippen molar-refractivity contribution in [3.8, 4) is 0 Å². The van der Waals surface area contributed by atoms with Crippen LogP contribution in [-0.2, 0) is 0 Å². The summed E-state index contributed by atoms with van der Waals surface area (Å²) < 4.78 is 0. The van der Waals surface area contributed by atoms with Gasteiger partial charge in [-0.05, 0) is 36.8 Å². The van der Waals surface area contributed by atoms with Crippen LogP contribution in [0.2, 0.25) is 0 Å². The summed E-state index contributed by atoms with van der Waals surface area (Å²) in [5, 5.41) is 3.02. The van der Waals surface area contributed by atoms with Crippen LogP contribution in [0.15, 0.2) is 5.18 Å². The van der Waals surface area contributed by atoms with Gasteiger partial charge in [-0.25, -0.2) is 0 Å². The number of halogens is 1. The van der Waals surface area contributed by atoms with Gasteiger partial charge in [0.15, 0.2) is 5.00 Å². The Balaban J connectivity index is 2.21. The molecule has 2 nitrogen and oxygen atoms in total. The fraction of sp³-hybridized carbons (Fsp3) is 1.00. The Labute approximate surface area is 64.9 Å². The van der Waals surface area contributed by atoms with E-state index in [-0.39, 0.29) is 0 Å². The van der Waals surface area contributed by atoms with E-state index in [0.717, 1.165) is 19.3 Å². The lowest BCUT2D eigenvalue weighted by atomic mass is 9.95. The number of alkyl halides is 1. The van der Waals surface area contributed by atoms with Gasteiger partial charge >= 0.3 is 0 Å². The molecule has 3 atom stereocenters. The predicted molar refractivity (Wildman–Crippen MR) is 39.8 cm³/mol. The summed E-state index contributed by atoms with van der Waals surface area (Å²) in [6.45, 7) is 0. The van der Waals surface area contributed by atoms with Crippen molar-refractivity contribution in [2.45, 2.75) is 30.7 Å². The Hall–Kier alpha value is -0.110. The third-order valence-electron chi connectivity index (χ3n) is 2.89. The maximum Gasteiger partial charge on any atom is 0.178 e. The van der Waals surface area contributed by atoms with Gasteiger partial charge in [0.05, 0.1) is 0 Å². The van der Waals surface area contributed by atoms with E-state index in [0.29, 0.717) is 11.8 Å². The summed E-state index contributed by atoms with van der Waals surface area (Å²) in [4.78, 5) is 9.63. The number of hydrogen-bond acceptors (Lipinski definition) is 2. The third kappa shape index (κ3) is 0.715. The average Bonchev–Trinajstić information content (AvgIpc) is 2.46. The van der Waals surface area contributed by atoms with Crippen molar-refractivity contribution in [1.29, 1.82) is 0 Å². The van der Waals surface area contributed by atoms with E-state index in [2.05, 4.69) is 5.18 Å². The molecule has 2 aliphatic carbocycles. The van der Waals surface area contributed by atoms with E-state index >= 15 is 0 Å². The fourth-order valence-corrected chi connectivity index (χ4v) is 2.76. The highest BCUT2D eigenvalue weighted by Gasteiger charge is 2.51. The zero-order valence-electron chi connectivity index (χ0n) is 5.72. The van der Waals surface area contributed by atoms with Gasteiger partial charge in [-0.15, -0.1) is 4.91 Å². The Morgan fingerprint density at radius 3 is 2.60 bits per heavy atom. The number of hydrogen-bond donors (Lipinski definition) is 0.